The highest BCUT2D eigenvalue weighted by Gasteiger charge is 2.32. The van der Waals surface area contributed by atoms with Crippen LogP contribution in [0.3, 0.4) is 0 Å². The maximum absolute atomic E-state index is 12.7. The van der Waals surface area contributed by atoms with Crippen molar-refractivity contribution in [2.45, 2.75) is 12.8 Å². The van der Waals surface area contributed by atoms with Gasteiger partial charge in [-0.25, -0.2) is 15.0 Å². The molecule has 1 fully saturated rings. The molecule has 4 heterocycles. The number of hydrogen-bond donors (Lipinski definition) is 0. The standard InChI is InChI=1S/C19H16ClN5O/c20-17-2-1-13(10-22-17)9-15-5-8-25(19(15)26)16-11-23-18(24-12-16)14-3-6-21-7-4-14/h1-4,6-7,10-12,15H,5,8-9H2. The van der Waals surface area contributed by atoms with Crippen LogP contribution in [0, 0.1) is 5.92 Å². The van der Waals surface area contributed by atoms with Crippen LogP contribution in [-0.2, 0) is 11.2 Å². The van der Waals surface area contributed by atoms with Gasteiger partial charge < -0.3 is 4.90 Å². The molecule has 3 aromatic heterocycles. The van der Waals surface area contributed by atoms with Crippen molar-refractivity contribution in [2.75, 3.05) is 11.4 Å². The number of anilines is 1. The van der Waals surface area contributed by atoms with E-state index in [1.54, 1.807) is 42.0 Å². The fourth-order valence-electron chi connectivity index (χ4n) is 3.11. The first-order valence-corrected chi connectivity index (χ1v) is 8.73. The van der Waals surface area contributed by atoms with Crippen LogP contribution in [0.2, 0.25) is 5.15 Å². The fraction of sp³-hybridized carbons (Fsp3) is 0.211. The number of hydrogen-bond acceptors (Lipinski definition) is 5. The zero-order chi connectivity index (χ0) is 17.9. The van der Waals surface area contributed by atoms with Gasteiger partial charge in [0.05, 0.1) is 18.1 Å². The fourth-order valence-corrected chi connectivity index (χ4v) is 3.22. The summed E-state index contributed by atoms with van der Waals surface area (Å²) in [6.07, 6.45) is 9.99. The van der Waals surface area contributed by atoms with Gasteiger partial charge in [-0.15, -0.1) is 0 Å². The normalized spacial score (nSPS) is 16.9. The van der Waals surface area contributed by atoms with E-state index < -0.39 is 0 Å². The SMILES string of the molecule is O=C1C(Cc2ccc(Cl)nc2)CCN1c1cnc(-c2ccncc2)nc1. The van der Waals surface area contributed by atoms with E-state index in [9.17, 15) is 4.79 Å². The molecule has 1 atom stereocenters. The average molecular weight is 366 g/mol. The van der Waals surface area contributed by atoms with Crippen molar-refractivity contribution in [2.24, 2.45) is 5.92 Å². The third-order valence-electron chi connectivity index (χ3n) is 4.48. The van der Waals surface area contributed by atoms with E-state index in [0.717, 1.165) is 23.2 Å². The van der Waals surface area contributed by atoms with Crippen LogP contribution < -0.4 is 4.90 Å². The summed E-state index contributed by atoms with van der Waals surface area (Å²) in [5, 5.41) is 0.458. The summed E-state index contributed by atoms with van der Waals surface area (Å²) >= 11 is 5.81. The minimum Gasteiger partial charge on any atom is -0.309 e. The Morgan fingerprint density at radius 3 is 2.50 bits per heavy atom. The second kappa shape index (κ2) is 7.17. The number of carbonyl (C=O) groups excluding carboxylic acids is 1. The second-order valence-electron chi connectivity index (χ2n) is 6.17. The van der Waals surface area contributed by atoms with Gasteiger partial charge in [0.2, 0.25) is 5.91 Å². The molecule has 1 aliphatic heterocycles. The molecule has 4 rings (SSSR count). The van der Waals surface area contributed by atoms with Crippen LogP contribution in [0.25, 0.3) is 11.4 Å². The maximum atomic E-state index is 12.7. The predicted octanol–water partition coefficient (Wildman–Crippen LogP) is 3.18. The number of aromatic nitrogens is 4. The summed E-state index contributed by atoms with van der Waals surface area (Å²) in [5.41, 5.74) is 2.64. The molecule has 0 aromatic carbocycles. The molecule has 0 bridgehead atoms. The lowest BCUT2D eigenvalue weighted by Gasteiger charge is -2.16. The Labute approximate surface area is 155 Å². The Kier molecular flexibility index (Phi) is 4.58. The molecule has 26 heavy (non-hydrogen) atoms. The monoisotopic (exact) mass is 365 g/mol. The lowest BCUT2D eigenvalue weighted by molar-refractivity contribution is -0.120. The first-order chi connectivity index (χ1) is 12.7. The van der Waals surface area contributed by atoms with Crippen molar-refractivity contribution in [3.8, 4) is 11.4 Å². The highest BCUT2D eigenvalue weighted by molar-refractivity contribution is 6.29. The van der Waals surface area contributed by atoms with Gasteiger partial charge in [-0.1, -0.05) is 17.7 Å². The molecule has 0 N–H and O–H groups in total. The molecule has 0 radical (unpaired) electrons. The number of carbonyl (C=O) groups is 1. The number of nitrogens with zero attached hydrogens (tertiary/aromatic N) is 5. The summed E-state index contributed by atoms with van der Waals surface area (Å²) in [6, 6.07) is 7.37. The van der Waals surface area contributed by atoms with Crippen molar-refractivity contribution in [3.05, 3.63) is 66.0 Å². The van der Waals surface area contributed by atoms with Crippen LogP contribution in [0.4, 0.5) is 5.69 Å². The van der Waals surface area contributed by atoms with Crippen molar-refractivity contribution in [1.82, 2.24) is 19.9 Å². The Hall–Kier alpha value is -2.86. The van der Waals surface area contributed by atoms with Crippen LogP contribution in [0.15, 0.2) is 55.2 Å². The molecule has 1 unspecified atom stereocenters. The number of halogens is 1. The summed E-state index contributed by atoms with van der Waals surface area (Å²) in [5.74, 6) is 0.657. The summed E-state index contributed by atoms with van der Waals surface area (Å²) in [6.45, 7) is 0.669. The quantitative estimate of drug-likeness (QED) is 0.664. The van der Waals surface area contributed by atoms with Gasteiger partial charge in [0.25, 0.3) is 0 Å². The smallest absolute Gasteiger partial charge is 0.230 e. The maximum Gasteiger partial charge on any atom is 0.230 e. The molecule has 130 valence electrons. The van der Waals surface area contributed by atoms with Crippen molar-refractivity contribution < 1.29 is 4.79 Å². The molecule has 0 aliphatic carbocycles. The highest BCUT2D eigenvalue weighted by atomic mass is 35.5. The van der Waals surface area contributed by atoms with E-state index in [1.807, 2.05) is 18.2 Å². The first-order valence-electron chi connectivity index (χ1n) is 8.35. The second-order valence-corrected chi connectivity index (χ2v) is 6.56. The molecule has 1 aliphatic rings. The van der Waals surface area contributed by atoms with E-state index in [-0.39, 0.29) is 11.8 Å². The summed E-state index contributed by atoms with van der Waals surface area (Å²) < 4.78 is 0. The summed E-state index contributed by atoms with van der Waals surface area (Å²) in [4.78, 5) is 31.3. The largest absolute Gasteiger partial charge is 0.309 e. The lowest BCUT2D eigenvalue weighted by atomic mass is 9.99. The molecule has 3 aromatic rings. The zero-order valence-electron chi connectivity index (χ0n) is 13.9. The third-order valence-corrected chi connectivity index (χ3v) is 4.70. The topological polar surface area (TPSA) is 71.9 Å². The van der Waals surface area contributed by atoms with Crippen molar-refractivity contribution >= 4 is 23.2 Å². The number of pyridine rings is 2. The molecule has 0 saturated carbocycles. The molecule has 1 amide bonds. The van der Waals surface area contributed by atoms with Gasteiger partial charge in [-0.2, -0.15) is 0 Å². The Morgan fingerprint density at radius 1 is 1.04 bits per heavy atom. The lowest BCUT2D eigenvalue weighted by Crippen LogP contribution is -2.28. The van der Waals surface area contributed by atoms with Gasteiger partial charge in [0.15, 0.2) is 5.82 Å². The molecular weight excluding hydrogens is 350 g/mol. The Bertz CT molecular complexity index is 899. The van der Waals surface area contributed by atoms with Gasteiger partial charge >= 0.3 is 0 Å². The third kappa shape index (κ3) is 3.41. The Morgan fingerprint density at radius 2 is 1.81 bits per heavy atom. The number of rotatable bonds is 4. The van der Waals surface area contributed by atoms with E-state index in [4.69, 9.17) is 11.6 Å². The van der Waals surface area contributed by atoms with E-state index in [0.29, 0.717) is 23.9 Å². The zero-order valence-corrected chi connectivity index (χ0v) is 14.7. The van der Waals surface area contributed by atoms with Crippen LogP contribution >= 0.6 is 11.6 Å². The Balaban J connectivity index is 1.47. The summed E-state index contributed by atoms with van der Waals surface area (Å²) in [7, 11) is 0. The molecule has 1 saturated heterocycles. The van der Waals surface area contributed by atoms with E-state index >= 15 is 0 Å². The first kappa shape index (κ1) is 16.6. The molecule has 6 nitrogen and oxygen atoms in total. The van der Waals surface area contributed by atoms with Gasteiger partial charge in [0, 0.05) is 36.6 Å². The molecule has 0 spiro atoms. The molecule has 7 heteroatoms. The van der Waals surface area contributed by atoms with Gasteiger partial charge in [-0.3, -0.25) is 9.78 Å². The average Bonchev–Trinajstić information content (AvgIpc) is 3.05. The van der Waals surface area contributed by atoms with Crippen LogP contribution in [0.1, 0.15) is 12.0 Å². The van der Waals surface area contributed by atoms with E-state index in [1.165, 1.54) is 0 Å². The van der Waals surface area contributed by atoms with Gasteiger partial charge in [0.1, 0.15) is 5.15 Å². The minimum atomic E-state index is -0.0575. The van der Waals surface area contributed by atoms with Gasteiger partial charge in [-0.05, 0) is 36.6 Å². The highest BCUT2D eigenvalue weighted by Crippen LogP contribution is 2.27. The molecular formula is C19H16ClN5O. The van der Waals surface area contributed by atoms with Crippen LogP contribution in [0.5, 0.6) is 0 Å². The van der Waals surface area contributed by atoms with E-state index in [2.05, 4.69) is 19.9 Å². The number of amides is 1. The van der Waals surface area contributed by atoms with Crippen molar-refractivity contribution in [3.63, 3.8) is 0 Å². The minimum absolute atomic E-state index is 0.0575. The van der Waals surface area contributed by atoms with Crippen molar-refractivity contribution in [1.29, 1.82) is 0 Å². The van der Waals surface area contributed by atoms with Crippen LogP contribution in [-0.4, -0.2) is 32.4 Å². The predicted molar refractivity (Wildman–Crippen MR) is 98.7 cm³/mol.